The van der Waals surface area contributed by atoms with Crippen LogP contribution >= 0.6 is 0 Å². The minimum absolute atomic E-state index is 0.306. The van der Waals surface area contributed by atoms with Gasteiger partial charge in [0, 0.05) is 22.1 Å². The number of rotatable bonds is 5. The Balaban J connectivity index is 1.66. The SMILES string of the molecule is O=[S@](Cc1ccccc1)Cc1coc(-c2ccc(F)cc2)n1. The van der Waals surface area contributed by atoms with E-state index in [-0.39, 0.29) is 5.82 Å². The minimum Gasteiger partial charge on any atom is -0.444 e. The van der Waals surface area contributed by atoms with E-state index >= 15 is 0 Å². The van der Waals surface area contributed by atoms with Crippen molar-refractivity contribution in [3.63, 3.8) is 0 Å². The molecule has 0 unspecified atom stereocenters. The van der Waals surface area contributed by atoms with E-state index in [4.69, 9.17) is 4.42 Å². The van der Waals surface area contributed by atoms with Crippen LogP contribution in [0.15, 0.2) is 65.3 Å². The molecule has 0 radical (unpaired) electrons. The molecule has 0 N–H and O–H groups in total. The van der Waals surface area contributed by atoms with E-state index in [1.54, 1.807) is 12.1 Å². The first-order valence-electron chi connectivity index (χ1n) is 6.80. The predicted molar refractivity (Wildman–Crippen MR) is 83.9 cm³/mol. The average Bonchev–Trinajstić information content (AvgIpc) is 2.97. The smallest absolute Gasteiger partial charge is 0.226 e. The topological polar surface area (TPSA) is 43.1 Å². The van der Waals surface area contributed by atoms with Gasteiger partial charge in [0.25, 0.3) is 0 Å². The first-order valence-corrected chi connectivity index (χ1v) is 8.29. The fraction of sp³-hybridized carbons (Fsp3) is 0.118. The highest BCUT2D eigenvalue weighted by atomic mass is 32.2. The Labute approximate surface area is 130 Å². The molecule has 0 saturated heterocycles. The zero-order chi connectivity index (χ0) is 15.4. The van der Waals surface area contributed by atoms with Crippen LogP contribution in [0.4, 0.5) is 4.39 Å². The van der Waals surface area contributed by atoms with Gasteiger partial charge in [-0.3, -0.25) is 4.21 Å². The lowest BCUT2D eigenvalue weighted by atomic mass is 10.2. The molecule has 3 aromatic rings. The molecule has 5 heteroatoms. The Bertz CT molecular complexity index is 769. The Morgan fingerprint density at radius 2 is 1.73 bits per heavy atom. The highest BCUT2D eigenvalue weighted by molar-refractivity contribution is 7.83. The van der Waals surface area contributed by atoms with Gasteiger partial charge in [0.2, 0.25) is 5.89 Å². The molecular formula is C17H14FNO2S. The highest BCUT2D eigenvalue weighted by Gasteiger charge is 2.10. The number of hydrogen-bond donors (Lipinski definition) is 0. The lowest BCUT2D eigenvalue weighted by molar-refractivity contribution is 0.572. The first kappa shape index (κ1) is 14.7. The van der Waals surface area contributed by atoms with Crippen LogP contribution in [-0.4, -0.2) is 9.19 Å². The summed E-state index contributed by atoms with van der Waals surface area (Å²) >= 11 is 0. The molecule has 0 aliphatic heterocycles. The Hall–Kier alpha value is -2.27. The summed E-state index contributed by atoms with van der Waals surface area (Å²) in [5.74, 6) is 0.922. The van der Waals surface area contributed by atoms with E-state index in [1.807, 2.05) is 30.3 Å². The first-order chi connectivity index (χ1) is 10.7. The van der Waals surface area contributed by atoms with Crippen LogP contribution < -0.4 is 0 Å². The van der Waals surface area contributed by atoms with E-state index in [1.165, 1.54) is 18.4 Å². The summed E-state index contributed by atoms with van der Waals surface area (Å²) in [5.41, 5.74) is 2.36. The third-order valence-electron chi connectivity index (χ3n) is 3.12. The summed E-state index contributed by atoms with van der Waals surface area (Å²) in [7, 11) is -1.05. The molecule has 0 aliphatic carbocycles. The maximum atomic E-state index is 12.9. The maximum Gasteiger partial charge on any atom is 0.226 e. The zero-order valence-electron chi connectivity index (χ0n) is 11.7. The summed E-state index contributed by atoms with van der Waals surface area (Å²) in [4.78, 5) is 4.31. The Morgan fingerprint density at radius 3 is 2.45 bits per heavy atom. The molecule has 0 fully saturated rings. The number of hydrogen-bond acceptors (Lipinski definition) is 3. The van der Waals surface area contributed by atoms with Crippen molar-refractivity contribution in [1.29, 1.82) is 0 Å². The summed E-state index contributed by atoms with van der Waals surface area (Å²) in [6.45, 7) is 0. The van der Waals surface area contributed by atoms with Crippen molar-refractivity contribution in [2.24, 2.45) is 0 Å². The molecule has 0 saturated carbocycles. The standard InChI is InChI=1S/C17H14FNO2S/c18-15-8-6-14(7-9-15)17-19-16(10-21-17)12-22(20)11-13-4-2-1-3-5-13/h1-10H,11-12H2/t22-/m1/s1. The number of nitrogens with zero attached hydrogens (tertiary/aromatic N) is 1. The molecule has 3 nitrogen and oxygen atoms in total. The molecule has 2 aromatic carbocycles. The van der Waals surface area contributed by atoms with E-state index in [0.29, 0.717) is 28.7 Å². The molecule has 0 bridgehead atoms. The lowest BCUT2D eigenvalue weighted by Crippen LogP contribution is -1.99. The second-order valence-electron chi connectivity index (χ2n) is 4.86. The second kappa shape index (κ2) is 6.66. The van der Waals surface area contributed by atoms with Gasteiger partial charge in [-0.2, -0.15) is 0 Å². The van der Waals surface area contributed by atoms with Crippen LogP contribution in [-0.2, 0) is 22.3 Å². The Kier molecular flexibility index (Phi) is 4.44. The third-order valence-corrected chi connectivity index (χ3v) is 4.40. The number of oxazole rings is 1. The van der Waals surface area contributed by atoms with Crippen molar-refractivity contribution < 1.29 is 13.0 Å². The van der Waals surface area contributed by atoms with Crippen LogP contribution in [0.3, 0.4) is 0 Å². The second-order valence-corrected chi connectivity index (χ2v) is 6.32. The van der Waals surface area contributed by atoms with Gasteiger partial charge in [-0.05, 0) is 29.8 Å². The zero-order valence-corrected chi connectivity index (χ0v) is 12.6. The molecule has 1 heterocycles. The van der Waals surface area contributed by atoms with Crippen LogP contribution in [0.25, 0.3) is 11.5 Å². The lowest BCUT2D eigenvalue weighted by Gasteiger charge is -2.00. The summed E-state index contributed by atoms with van der Waals surface area (Å²) < 4.78 is 30.4. The van der Waals surface area contributed by atoms with Crippen molar-refractivity contribution in [2.45, 2.75) is 11.5 Å². The van der Waals surface area contributed by atoms with E-state index in [2.05, 4.69) is 4.98 Å². The molecule has 1 aromatic heterocycles. The van der Waals surface area contributed by atoms with Gasteiger partial charge in [0.05, 0.1) is 11.4 Å². The van der Waals surface area contributed by atoms with Gasteiger partial charge in [-0.1, -0.05) is 30.3 Å². The van der Waals surface area contributed by atoms with Crippen molar-refractivity contribution in [1.82, 2.24) is 4.98 Å². The monoisotopic (exact) mass is 315 g/mol. The van der Waals surface area contributed by atoms with Crippen LogP contribution in [0, 0.1) is 5.82 Å². The van der Waals surface area contributed by atoms with Gasteiger partial charge in [0.1, 0.15) is 12.1 Å². The van der Waals surface area contributed by atoms with Gasteiger partial charge in [-0.25, -0.2) is 9.37 Å². The summed E-state index contributed by atoms with van der Waals surface area (Å²) in [6.07, 6.45) is 1.50. The van der Waals surface area contributed by atoms with Crippen LogP contribution in [0.1, 0.15) is 11.3 Å². The van der Waals surface area contributed by atoms with Crippen molar-refractivity contribution in [3.8, 4) is 11.5 Å². The van der Waals surface area contributed by atoms with E-state index < -0.39 is 10.8 Å². The van der Waals surface area contributed by atoms with Crippen molar-refractivity contribution in [3.05, 3.63) is 77.9 Å². The molecule has 0 aliphatic rings. The van der Waals surface area contributed by atoms with Gasteiger partial charge < -0.3 is 4.42 Å². The predicted octanol–water partition coefficient (Wildman–Crippen LogP) is 3.93. The van der Waals surface area contributed by atoms with Crippen LogP contribution in [0.5, 0.6) is 0 Å². The van der Waals surface area contributed by atoms with Gasteiger partial charge in [-0.15, -0.1) is 0 Å². The molecule has 22 heavy (non-hydrogen) atoms. The normalized spacial score (nSPS) is 12.2. The molecule has 0 spiro atoms. The highest BCUT2D eigenvalue weighted by Crippen LogP contribution is 2.20. The average molecular weight is 315 g/mol. The van der Waals surface area contributed by atoms with E-state index in [0.717, 1.165) is 5.56 Å². The largest absolute Gasteiger partial charge is 0.444 e. The quantitative estimate of drug-likeness (QED) is 0.716. The molecule has 1 atom stereocenters. The third kappa shape index (κ3) is 3.68. The number of benzene rings is 2. The van der Waals surface area contributed by atoms with Gasteiger partial charge in [0.15, 0.2) is 0 Å². The molecule has 3 rings (SSSR count). The van der Waals surface area contributed by atoms with Crippen molar-refractivity contribution >= 4 is 10.8 Å². The number of aromatic nitrogens is 1. The fourth-order valence-corrected chi connectivity index (χ4v) is 3.20. The molecule has 112 valence electrons. The number of halogens is 1. The summed E-state index contributed by atoms with van der Waals surface area (Å²) in [6, 6.07) is 15.6. The summed E-state index contributed by atoms with van der Waals surface area (Å²) in [5, 5.41) is 0. The van der Waals surface area contributed by atoms with Crippen LogP contribution in [0.2, 0.25) is 0 Å². The minimum atomic E-state index is -1.05. The molecular weight excluding hydrogens is 301 g/mol. The van der Waals surface area contributed by atoms with E-state index in [9.17, 15) is 8.60 Å². The maximum absolute atomic E-state index is 12.9. The fourth-order valence-electron chi connectivity index (χ4n) is 2.07. The Morgan fingerprint density at radius 1 is 1.00 bits per heavy atom. The van der Waals surface area contributed by atoms with Gasteiger partial charge >= 0.3 is 0 Å². The van der Waals surface area contributed by atoms with Crippen molar-refractivity contribution in [2.75, 3.05) is 0 Å². The molecule has 0 amide bonds.